The van der Waals surface area contributed by atoms with Crippen molar-refractivity contribution in [1.82, 2.24) is 10.6 Å². The van der Waals surface area contributed by atoms with Crippen LogP contribution in [-0.2, 0) is 9.53 Å². The number of carbonyl (C=O) groups is 2. The Hall–Kier alpha value is -1.26. The van der Waals surface area contributed by atoms with E-state index in [9.17, 15) is 9.59 Å². The largest absolute Gasteiger partial charge is 0.444 e. The molecule has 16 heavy (non-hydrogen) atoms. The van der Waals surface area contributed by atoms with Gasteiger partial charge in [0.05, 0.1) is 0 Å². The van der Waals surface area contributed by atoms with Crippen molar-refractivity contribution in [3.8, 4) is 0 Å². The summed E-state index contributed by atoms with van der Waals surface area (Å²) in [4.78, 5) is 22.6. The molecule has 5 heteroatoms. The monoisotopic (exact) mass is 228 g/mol. The van der Waals surface area contributed by atoms with Crippen LogP contribution in [-0.4, -0.2) is 30.7 Å². The van der Waals surface area contributed by atoms with Gasteiger partial charge in [0.15, 0.2) is 0 Å². The molecule has 0 heterocycles. The molecule has 1 aliphatic carbocycles. The van der Waals surface area contributed by atoms with Crippen molar-refractivity contribution in [2.24, 2.45) is 5.92 Å². The van der Waals surface area contributed by atoms with Gasteiger partial charge in [-0.15, -0.1) is 0 Å². The molecule has 2 N–H and O–H groups in total. The van der Waals surface area contributed by atoms with E-state index >= 15 is 0 Å². The van der Waals surface area contributed by atoms with Gasteiger partial charge in [-0.3, -0.25) is 4.79 Å². The summed E-state index contributed by atoms with van der Waals surface area (Å²) < 4.78 is 5.12. The van der Waals surface area contributed by atoms with E-state index < -0.39 is 11.7 Å². The molecule has 0 aromatic carbocycles. The van der Waals surface area contributed by atoms with Crippen LogP contribution in [0.1, 0.15) is 33.6 Å². The summed E-state index contributed by atoms with van der Waals surface area (Å²) in [5.74, 6) is 0.0761. The first-order valence-electron chi connectivity index (χ1n) is 5.53. The fraction of sp³-hybridized carbons (Fsp3) is 0.818. The first-order chi connectivity index (χ1) is 7.31. The summed E-state index contributed by atoms with van der Waals surface area (Å²) in [7, 11) is 1.62. The van der Waals surface area contributed by atoms with Crippen LogP contribution in [0, 0.1) is 5.92 Å². The van der Waals surface area contributed by atoms with Crippen LogP contribution in [0.15, 0.2) is 0 Å². The molecular weight excluding hydrogens is 208 g/mol. The zero-order chi connectivity index (χ0) is 12.3. The average molecular weight is 228 g/mol. The predicted octanol–water partition coefficient (Wildman–Crippen LogP) is 1.04. The molecule has 1 fully saturated rings. The lowest BCUT2D eigenvalue weighted by atomic mass is 9.80. The van der Waals surface area contributed by atoms with Gasteiger partial charge in [0.25, 0.3) is 0 Å². The Morgan fingerprint density at radius 1 is 1.25 bits per heavy atom. The third-order valence-corrected chi connectivity index (χ3v) is 2.48. The molecule has 1 aliphatic rings. The first kappa shape index (κ1) is 12.8. The molecule has 0 bridgehead atoms. The highest BCUT2D eigenvalue weighted by Gasteiger charge is 2.35. The number of hydrogen-bond donors (Lipinski definition) is 2. The van der Waals surface area contributed by atoms with Crippen LogP contribution in [0.25, 0.3) is 0 Å². The van der Waals surface area contributed by atoms with Gasteiger partial charge in [0.1, 0.15) is 5.60 Å². The Morgan fingerprint density at radius 2 is 1.81 bits per heavy atom. The van der Waals surface area contributed by atoms with Gasteiger partial charge in [0, 0.05) is 19.0 Å². The molecule has 2 amide bonds. The SMILES string of the molecule is CNC(=O)[C@H]1C[C@H](NC(=O)OC(C)(C)C)C1. The first-order valence-corrected chi connectivity index (χ1v) is 5.53. The fourth-order valence-electron chi connectivity index (χ4n) is 1.63. The summed E-state index contributed by atoms with van der Waals surface area (Å²) in [6.45, 7) is 5.46. The number of alkyl carbamates (subject to hydrolysis) is 1. The Labute approximate surface area is 95.9 Å². The minimum absolute atomic E-state index is 0.0323. The van der Waals surface area contributed by atoms with Crippen molar-refractivity contribution < 1.29 is 14.3 Å². The second-order valence-corrected chi connectivity index (χ2v) is 5.13. The third kappa shape index (κ3) is 3.72. The van der Waals surface area contributed by atoms with Crippen LogP contribution < -0.4 is 10.6 Å². The lowest BCUT2D eigenvalue weighted by Gasteiger charge is -2.34. The average Bonchev–Trinajstić information content (AvgIpc) is 2.06. The third-order valence-electron chi connectivity index (χ3n) is 2.48. The molecule has 0 aromatic heterocycles. The summed E-state index contributed by atoms with van der Waals surface area (Å²) in [5.41, 5.74) is -0.478. The molecule has 0 radical (unpaired) electrons. The van der Waals surface area contributed by atoms with Gasteiger partial charge in [-0.25, -0.2) is 4.79 Å². The standard InChI is InChI=1S/C11H20N2O3/c1-11(2,3)16-10(15)13-8-5-7(6-8)9(14)12-4/h7-8H,5-6H2,1-4H3,(H,12,14)(H,13,15)/t7-,8-. The molecular formula is C11H20N2O3. The quantitative estimate of drug-likeness (QED) is 0.742. The van der Waals surface area contributed by atoms with Crippen molar-refractivity contribution in [3.05, 3.63) is 0 Å². The summed E-state index contributed by atoms with van der Waals surface area (Å²) >= 11 is 0. The Balaban J connectivity index is 2.22. The second-order valence-electron chi connectivity index (χ2n) is 5.13. The van der Waals surface area contributed by atoms with E-state index in [-0.39, 0.29) is 17.9 Å². The molecule has 0 unspecified atom stereocenters. The molecule has 1 rings (SSSR count). The van der Waals surface area contributed by atoms with Crippen molar-refractivity contribution in [2.45, 2.75) is 45.3 Å². The maximum Gasteiger partial charge on any atom is 0.407 e. The summed E-state index contributed by atoms with van der Waals surface area (Å²) in [6, 6.07) is 0.0668. The van der Waals surface area contributed by atoms with Crippen LogP contribution in [0.4, 0.5) is 4.79 Å². The van der Waals surface area contributed by atoms with Crippen molar-refractivity contribution in [1.29, 1.82) is 0 Å². The maximum atomic E-state index is 11.4. The van der Waals surface area contributed by atoms with Gasteiger partial charge in [-0.05, 0) is 33.6 Å². The lowest BCUT2D eigenvalue weighted by Crippen LogP contribution is -2.49. The zero-order valence-corrected chi connectivity index (χ0v) is 10.3. The molecule has 0 atom stereocenters. The van der Waals surface area contributed by atoms with E-state index in [0.717, 1.165) is 0 Å². The number of hydrogen-bond acceptors (Lipinski definition) is 3. The Bertz CT molecular complexity index is 277. The van der Waals surface area contributed by atoms with E-state index in [2.05, 4.69) is 10.6 Å². The minimum atomic E-state index is -0.478. The number of carbonyl (C=O) groups excluding carboxylic acids is 2. The maximum absolute atomic E-state index is 11.4. The topological polar surface area (TPSA) is 67.4 Å². The number of rotatable bonds is 2. The highest BCUT2D eigenvalue weighted by molar-refractivity contribution is 5.79. The van der Waals surface area contributed by atoms with Gasteiger partial charge in [-0.1, -0.05) is 0 Å². The number of ether oxygens (including phenoxy) is 1. The molecule has 1 saturated carbocycles. The molecule has 5 nitrogen and oxygen atoms in total. The summed E-state index contributed by atoms with van der Waals surface area (Å²) in [5, 5.41) is 5.34. The van der Waals surface area contributed by atoms with Gasteiger partial charge in [0.2, 0.25) is 5.91 Å². The Kier molecular flexibility index (Phi) is 3.78. The van der Waals surface area contributed by atoms with E-state index in [4.69, 9.17) is 4.74 Å². The van der Waals surface area contributed by atoms with Crippen LogP contribution in [0.5, 0.6) is 0 Å². The van der Waals surface area contributed by atoms with E-state index in [1.807, 2.05) is 20.8 Å². The van der Waals surface area contributed by atoms with Crippen molar-refractivity contribution in [3.63, 3.8) is 0 Å². The van der Waals surface area contributed by atoms with E-state index in [1.165, 1.54) is 0 Å². The molecule has 0 spiro atoms. The van der Waals surface area contributed by atoms with Gasteiger partial charge in [-0.2, -0.15) is 0 Å². The minimum Gasteiger partial charge on any atom is -0.444 e. The highest BCUT2D eigenvalue weighted by atomic mass is 16.6. The van der Waals surface area contributed by atoms with Gasteiger partial charge < -0.3 is 15.4 Å². The second kappa shape index (κ2) is 4.72. The smallest absolute Gasteiger partial charge is 0.407 e. The van der Waals surface area contributed by atoms with Crippen molar-refractivity contribution >= 4 is 12.0 Å². The number of amides is 2. The van der Waals surface area contributed by atoms with Crippen LogP contribution in [0.3, 0.4) is 0 Å². The molecule has 0 aromatic rings. The predicted molar refractivity (Wildman–Crippen MR) is 59.9 cm³/mol. The molecule has 0 saturated heterocycles. The van der Waals surface area contributed by atoms with E-state index in [0.29, 0.717) is 12.8 Å². The van der Waals surface area contributed by atoms with Crippen LogP contribution in [0.2, 0.25) is 0 Å². The zero-order valence-electron chi connectivity index (χ0n) is 10.3. The molecule has 92 valence electrons. The fourth-order valence-corrected chi connectivity index (χ4v) is 1.63. The van der Waals surface area contributed by atoms with Crippen LogP contribution >= 0.6 is 0 Å². The summed E-state index contributed by atoms with van der Waals surface area (Å²) in [6.07, 6.45) is 0.977. The Morgan fingerprint density at radius 3 is 2.25 bits per heavy atom. The lowest BCUT2D eigenvalue weighted by molar-refractivity contribution is -0.127. The number of nitrogens with one attached hydrogen (secondary N) is 2. The molecule has 0 aliphatic heterocycles. The van der Waals surface area contributed by atoms with Gasteiger partial charge >= 0.3 is 6.09 Å². The van der Waals surface area contributed by atoms with Crippen molar-refractivity contribution in [2.75, 3.05) is 7.05 Å². The normalized spacial score (nSPS) is 24.2. The van der Waals surface area contributed by atoms with E-state index in [1.54, 1.807) is 7.05 Å². The highest BCUT2D eigenvalue weighted by Crippen LogP contribution is 2.27.